The van der Waals surface area contributed by atoms with Crippen molar-refractivity contribution in [1.29, 1.82) is 0 Å². The van der Waals surface area contributed by atoms with Gasteiger partial charge in [-0.15, -0.1) is 0 Å². The Morgan fingerprint density at radius 1 is 1.29 bits per heavy atom. The van der Waals surface area contributed by atoms with Crippen molar-refractivity contribution in [3.8, 4) is 5.75 Å². The van der Waals surface area contributed by atoms with Gasteiger partial charge in [0.05, 0.1) is 23.8 Å². The summed E-state index contributed by atoms with van der Waals surface area (Å²) in [6.07, 6.45) is 0. The summed E-state index contributed by atoms with van der Waals surface area (Å²) in [5.74, 6) is -2.67. The van der Waals surface area contributed by atoms with Crippen LogP contribution in [0, 0.1) is 19.7 Å². The number of benzene rings is 1. The van der Waals surface area contributed by atoms with E-state index in [9.17, 15) is 19.1 Å². The van der Waals surface area contributed by atoms with Crippen molar-refractivity contribution in [2.45, 2.75) is 19.9 Å². The van der Waals surface area contributed by atoms with E-state index < -0.39 is 23.7 Å². The molecule has 0 fully saturated rings. The molecule has 3 rings (SSSR count). The minimum absolute atomic E-state index is 0.0170. The average Bonchev–Trinajstić information content (AvgIpc) is 2.92. The van der Waals surface area contributed by atoms with Gasteiger partial charge in [0, 0.05) is 12.7 Å². The molecular weight excluding hydrogens is 367 g/mol. The molecule has 0 saturated carbocycles. The molecule has 8 nitrogen and oxygen atoms in total. The maximum Gasteiger partial charge on any atom is 0.330 e. The average molecular weight is 386 g/mol. The maximum atomic E-state index is 14.0. The molecule has 0 aliphatic rings. The molecule has 0 radical (unpaired) electrons. The standard InChI is InChI=1S/C19H19FN4O4/c1-9-7-12(15-10(2)23-24(3)17(15)21-9)18(25)22-16(19(26)27)11-5-6-14(28-4)13(20)8-11/h5-8,16H,1-4H3,(H,22,25)(H,26,27). The van der Waals surface area contributed by atoms with Crippen LogP contribution in [-0.4, -0.2) is 38.9 Å². The third-order valence-corrected chi connectivity index (χ3v) is 4.37. The summed E-state index contributed by atoms with van der Waals surface area (Å²) in [7, 11) is 3.02. The molecule has 0 aliphatic heterocycles. The fourth-order valence-corrected chi connectivity index (χ4v) is 3.11. The van der Waals surface area contributed by atoms with Gasteiger partial charge in [0.15, 0.2) is 23.3 Å². The number of nitrogens with zero attached hydrogens (tertiary/aromatic N) is 3. The molecule has 1 aromatic carbocycles. The zero-order valence-corrected chi connectivity index (χ0v) is 15.8. The number of carboxylic acid groups (broad SMARTS) is 1. The highest BCUT2D eigenvalue weighted by Crippen LogP contribution is 2.25. The lowest BCUT2D eigenvalue weighted by Crippen LogP contribution is -2.34. The van der Waals surface area contributed by atoms with Gasteiger partial charge in [-0.1, -0.05) is 6.07 Å². The SMILES string of the molecule is COc1ccc(C(NC(=O)c2cc(C)nc3c2c(C)nn3C)C(=O)O)cc1F. The summed E-state index contributed by atoms with van der Waals surface area (Å²) >= 11 is 0. The molecule has 0 aliphatic carbocycles. The Labute approximate surface area is 159 Å². The number of nitrogens with one attached hydrogen (secondary N) is 1. The van der Waals surface area contributed by atoms with Crippen LogP contribution in [0.2, 0.25) is 0 Å². The summed E-state index contributed by atoms with van der Waals surface area (Å²) in [4.78, 5) is 29.0. The van der Waals surface area contributed by atoms with Gasteiger partial charge in [-0.2, -0.15) is 5.10 Å². The lowest BCUT2D eigenvalue weighted by Gasteiger charge is -2.16. The number of amides is 1. The topological polar surface area (TPSA) is 106 Å². The Morgan fingerprint density at radius 2 is 2.00 bits per heavy atom. The number of carbonyl (C=O) groups excluding carboxylic acids is 1. The van der Waals surface area contributed by atoms with Crippen LogP contribution in [-0.2, 0) is 11.8 Å². The third kappa shape index (κ3) is 3.38. The number of carbonyl (C=O) groups is 2. The molecule has 1 atom stereocenters. The number of halogens is 1. The molecule has 2 N–H and O–H groups in total. The molecule has 0 saturated heterocycles. The fraction of sp³-hybridized carbons (Fsp3) is 0.263. The smallest absolute Gasteiger partial charge is 0.330 e. The van der Waals surface area contributed by atoms with Crippen molar-refractivity contribution in [1.82, 2.24) is 20.1 Å². The van der Waals surface area contributed by atoms with Crippen molar-refractivity contribution in [2.24, 2.45) is 7.05 Å². The number of rotatable bonds is 5. The number of aromatic nitrogens is 3. The quantitative estimate of drug-likeness (QED) is 0.697. The van der Waals surface area contributed by atoms with Gasteiger partial charge in [-0.25, -0.2) is 14.2 Å². The van der Waals surface area contributed by atoms with Gasteiger partial charge in [0.1, 0.15) is 0 Å². The van der Waals surface area contributed by atoms with E-state index in [2.05, 4.69) is 15.4 Å². The number of aliphatic carboxylic acids is 1. The molecule has 3 aromatic rings. The Balaban J connectivity index is 2.02. The highest BCUT2D eigenvalue weighted by atomic mass is 19.1. The lowest BCUT2D eigenvalue weighted by atomic mass is 10.0. The first-order valence-corrected chi connectivity index (χ1v) is 8.41. The maximum absolute atomic E-state index is 14.0. The van der Waals surface area contributed by atoms with Gasteiger partial charge in [0.25, 0.3) is 5.91 Å². The van der Waals surface area contributed by atoms with E-state index >= 15 is 0 Å². The second kappa shape index (κ2) is 7.26. The Hall–Kier alpha value is -3.49. The van der Waals surface area contributed by atoms with E-state index in [1.165, 1.54) is 19.2 Å². The minimum atomic E-state index is -1.44. The van der Waals surface area contributed by atoms with E-state index in [1.54, 1.807) is 31.6 Å². The van der Waals surface area contributed by atoms with Crippen LogP contribution >= 0.6 is 0 Å². The van der Waals surface area contributed by atoms with Crippen LogP contribution in [0.5, 0.6) is 5.75 Å². The van der Waals surface area contributed by atoms with Crippen molar-refractivity contribution in [3.05, 3.63) is 52.6 Å². The van der Waals surface area contributed by atoms with E-state index in [1.807, 2.05) is 0 Å². The van der Waals surface area contributed by atoms with Crippen molar-refractivity contribution in [3.63, 3.8) is 0 Å². The van der Waals surface area contributed by atoms with Crippen molar-refractivity contribution >= 4 is 22.9 Å². The van der Waals surface area contributed by atoms with E-state index in [4.69, 9.17) is 4.74 Å². The molecule has 0 bridgehead atoms. The molecule has 1 amide bonds. The Bertz CT molecular complexity index is 1090. The molecule has 2 aromatic heterocycles. The van der Waals surface area contributed by atoms with E-state index in [-0.39, 0.29) is 16.9 Å². The summed E-state index contributed by atoms with van der Waals surface area (Å²) < 4.78 is 20.4. The van der Waals surface area contributed by atoms with Crippen molar-refractivity contribution < 1.29 is 23.8 Å². The zero-order valence-electron chi connectivity index (χ0n) is 15.8. The zero-order chi connectivity index (χ0) is 20.6. The predicted molar refractivity (Wildman–Crippen MR) is 98.8 cm³/mol. The minimum Gasteiger partial charge on any atom is -0.494 e. The van der Waals surface area contributed by atoms with Gasteiger partial charge in [-0.3, -0.25) is 9.48 Å². The van der Waals surface area contributed by atoms with Gasteiger partial charge in [0.2, 0.25) is 0 Å². The van der Waals surface area contributed by atoms with E-state index in [0.717, 1.165) is 6.07 Å². The Kier molecular flexibility index (Phi) is 5.00. The number of aryl methyl sites for hydroxylation is 3. The van der Waals surface area contributed by atoms with Crippen LogP contribution in [0.4, 0.5) is 4.39 Å². The monoisotopic (exact) mass is 386 g/mol. The molecule has 9 heteroatoms. The number of carboxylic acids is 1. The summed E-state index contributed by atoms with van der Waals surface area (Å²) in [6, 6.07) is 3.87. The number of hydrogen-bond donors (Lipinski definition) is 2. The van der Waals surface area contributed by atoms with E-state index in [0.29, 0.717) is 22.4 Å². The van der Waals surface area contributed by atoms with Crippen LogP contribution in [0.3, 0.4) is 0 Å². The second-order valence-electron chi connectivity index (χ2n) is 6.36. The molecule has 2 heterocycles. The third-order valence-electron chi connectivity index (χ3n) is 4.37. The first-order valence-electron chi connectivity index (χ1n) is 8.41. The molecule has 0 spiro atoms. The van der Waals surface area contributed by atoms with Gasteiger partial charge >= 0.3 is 5.97 Å². The van der Waals surface area contributed by atoms with Crippen molar-refractivity contribution in [2.75, 3.05) is 7.11 Å². The first-order chi connectivity index (χ1) is 13.2. The van der Waals surface area contributed by atoms with Crippen LogP contribution < -0.4 is 10.1 Å². The molecule has 146 valence electrons. The van der Waals surface area contributed by atoms with Crippen LogP contribution in [0.1, 0.15) is 33.4 Å². The molecule has 1 unspecified atom stereocenters. The Morgan fingerprint density at radius 3 is 2.61 bits per heavy atom. The summed E-state index contributed by atoms with van der Waals surface area (Å²) in [5, 5.41) is 16.8. The van der Waals surface area contributed by atoms with Gasteiger partial charge in [-0.05, 0) is 37.6 Å². The second-order valence-corrected chi connectivity index (χ2v) is 6.36. The first kappa shape index (κ1) is 19.3. The summed E-state index contributed by atoms with van der Waals surface area (Å²) in [6.45, 7) is 3.47. The largest absolute Gasteiger partial charge is 0.494 e. The van der Waals surface area contributed by atoms with Crippen LogP contribution in [0.25, 0.3) is 11.0 Å². The fourth-order valence-electron chi connectivity index (χ4n) is 3.11. The van der Waals surface area contributed by atoms with Gasteiger partial charge < -0.3 is 15.2 Å². The normalized spacial score (nSPS) is 12.0. The molecular formula is C19H19FN4O4. The highest BCUT2D eigenvalue weighted by molar-refractivity contribution is 6.07. The summed E-state index contributed by atoms with van der Waals surface area (Å²) in [5.41, 5.74) is 2.04. The van der Waals surface area contributed by atoms with Crippen LogP contribution in [0.15, 0.2) is 24.3 Å². The number of hydrogen-bond acceptors (Lipinski definition) is 5. The lowest BCUT2D eigenvalue weighted by molar-refractivity contribution is -0.139. The number of fused-ring (bicyclic) bond motifs is 1. The highest BCUT2D eigenvalue weighted by Gasteiger charge is 2.26. The number of methoxy groups -OCH3 is 1. The number of pyridine rings is 1. The molecule has 28 heavy (non-hydrogen) atoms. The number of ether oxygens (including phenoxy) is 1. The predicted octanol–water partition coefficient (Wildman–Crippen LogP) is 2.29.